The summed E-state index contributed by atoms with van der Waals surface area (Å²) < 4.78 is 10.5. The molecule has 5 nitrogen and oxygen atoms in total. The van der Waals surface area contributed by atoms with Crippen molar-refractivity contribution in [2.75, 3.05) is 20.0 Å². The lowest BCUT2D eigenvalue weighted by atomic mass is 10.1. The molecule has 0 aliphatic rings. The van der Waals surface area contributed by atoms with Gasteiger partial charge in [-0.15, -0.1) is 10.2 Å². The fourth-order valence-corrected chi connectivity index (χ4v) is 1.80. The van der Waals surface area contributed by atoms with Crippen molar-refractivity contribution in [3.63, 3.8) is 0 Å². The normalized spacial score (nSPS) is 10.2. The molecule has 0 amide bonds. The SMILES string of the molecule is COc1ccc(OC)c(-c2cc(N)nnc2Cl)c1. The van der Waals surface area contributed by atoms with Crippen LogP contribution in [0.3, 0.4) is 0 Å². The smallest absolute Gasteiger partial charge is 0.159 e. The number of nitrogens with two attached hydrogens (primary N) is 1. The van der Waals surface area contributed by atoms with Crippen LogP contribution in [-0.2, 0) is 0 Å². The average molecular weight is 266 g/mol. The van der Waals surface area contributed by atoms with Crippen molar-refractivity contribution in [1.29, 1.82) is 0 Å². The van der Waals surface area contributed by atoms with Crippen LogP contribution in [0.25, 0.3) is 11.1 Å². The Labute approximate surface area is 109 Å². The monoisotopic (exact) mass is 265 g/mol. The summed E-state index contributed by atoms with van der Waals surface area (Å²) in [5, 5.41) is 7.73. The van der Waals surface area contributed by atoms with E-state index >= 15 is 0 Å². The van der Waals surface area contributed by atoms with Gasteiger partial charge in [0.2, 0.25) is 0 Å². The van der Waals surface area contributed by atoms with Gasteiger partial charge in [0.1, 0.15) is 17.3 Å². The molecule has 6 heteroatoms. The molecule has 0 aliphatic carbocycles. The van der Waals surface area contributed by atoms with Gasteiger partial charge in [-0.25, -0.2) is 0 Å². The number of hydrogen-bond acceptors (Lipinski definition) is 5. The Morgan fingerprint density at radius 3 is 2.50 bits per heavy atom. The Balaban J connectivity index is 2.64. The number of aromatic nitrogens is 2. The maximum atomic E-state index is 6.03. The molecule has 0 saturated heterocycles. The van der Waals surface area contributed by atoms with Crippen LogP contribution in [0, 0.1) is 0 Å². The molecule has 2 aromatic rings. The second-order valence-corrected chi connectivity index (χ2v) is 3.90. The Bertz CT molecular complexity index is 575. The minimum Gasteiger partial charge on any atom is -0.497 e. The average Bonchev–Trinajstić information content (AvgIpc) is 2.40. The van der Waals surface area contributed by atoms with Crippen LogP contribution in [0.2, 0.25) is 5.15 Å². The Morgan fingerprint density at radius 1 is 1.06 bits per heavy atom. The Hall–Kier alpha value is -2.01. The number of halogens is 1. The lowest BCUT2D eigenvalue weighted by molar-refractivity contribution is 0.404. The minimum absolute atomic E-state index is 0.260. The van der Waals surface area contributed by atoms with Crippen molar-refractivity contribution in [3.05, 3.63) is 29.4 Å². The lowest BCUT2D eigenvalue weighted by Gasteiger charge is -2.11. The van der Waals surface area contributed by atoms with Gasteiger partial charge in [-0.3, -0.25) is 0 Å². The zero-order valence-electron chi connectivity index (χ0n) is 9.98. The maximum Gasteiger partial charge on any atom is 0.159 e. The first-order valence-corrected chi connectivity index (χ1v) is 5.54. The zero-order valence-corrected chi connectivity index (χ0v) is 10.7. The molecule has 0 unspecified atom stereocenters. The first-order chi connectivity index (χ1) is 8.65. The molecule has 0 radical (unpaired) electrons. The van der Waals surface area contributed by atoms with E-state index in [-0.39, 0.29) is 5.15 Å². The Kier molecular flexibility index (Phi) is 3.53. The predicted octanol–water partition coefficient (Wildman–Crippen LogP) is 2.40. The quantitative estimate of drug-likeness (QED) is 0.923. The van der Waals surface area contributed by atoms with Gasteiger partial charge in [-0.2, -0.15) is 0 Å². The van der Waals surface area contributed by atoms with Crippen molar-refractivity contribution in [1.82, 2.24) is 10.2 Å². The van der Waals surface area contributed by atoms with Crippen LogP contribution in [0.5, 0.6) is 11.5 Å². The maximum absolute atomic E-state index is 6.03. The number of hydrogen-bond donors (Lipinski definition) is 1. The van der Waals surface area contributed by atoms with Gasteiger partial charge in [0.05, 0.1) is 14.2 Å². The zero-order chi connectivity index (χ0) is 13.1. The summed E-state index contributed by atoms with van der Waals surface area (Å²) in [7, 11) is 3.17. The third-order valence-electron chi connectivity index (χ3n) is 2.46. The minimum atomic E-state index is 0.260. The van der Waals surface area contributed by atoms with Gasteiger partial charge in [0.15, 0.2) is 5.15 Å². The van der Waals surface area contributed by atoms with Gasteiger partial charge >= 0.3 is 0 Å². The molecule has 0 atom stereocenters. The first kappa shape index (κ1) is 12.4. The van der Waals surface area contributed by atoms with Gasteiger partial charge in [-0.05, 0) is 24.3 Å². The number of ether oxygens (including phenoxy) is 2. The molecule has 0 saturated carbocycles. The summed E-state index contributed by atoms with van der Waals surface area (Å²) in [6, 6.07) is 7.04. The highest BCUT2D eigenvalue weighted by Gasteiger charge is 2.13. The van der Waals surface area contributed by atoms with Gasteiger partial charge in [0, 0.05) is 11.1 Å². The van der Waals surface area contributed by atoms with E-state index in [0.29, 0.717) is 22.9 Å². The number of methoxy groups -OCH3 is 2. The summed E-state index contributed by atoms with van der Waals surface area (Å²) in [5.74, 6) is 1.64. The van der Waals surface area contributed by atoms with E-state index < -0.39 is 0 Å². The van der Waals surface area contributed by atoms with Crippen molar-refractivity contribution in [2.45, 2.75) is 0 Å². The van der Waals surface area contributed by atoms with Crippen LogP contribution < -0.4 is 15.2 Å². The summed E-state index contributed by atoms with van der Waals surface area (Å²) in [6.45, 7) is 0. The van der Waals surface area contributed by atoms with E-state index in [1.54, 1.807) is 38.5 Å². The highest BCUT2D eigenvalue weighted by atomic mass is 35.5. The van der Waals surface area contributed by atoms with Crippen molar-refractivity contribution >= 4 is 17.4 Å². The molecule has 1 aromatic heterocycles. The largest absolute Gasteiger partial charge is 0.497 e. The van der Waals surface area contributed by atoms with E-state index in [2.05, 4.69) is 10.2 Å². The number of anilines is 1. The third kappa shape index (κ3) is 2.31. The number of nitrogen functional groups attached to an aromatic ring is 1. The molecule has 0 aliphatic heterocycles. The van der Waals surface area contributed by atoms with Gasteiger partial charge in [0.25, 0.3) is 0 Å². The molecule has 0 spiro atoms. The first-order valence-electron chi connectivity index (χ1n) is 5.16. The summed E-state index contributed by atoms with van der Waals surface area (Å²) >= 11 is 6.03. The van der Waals surface area contributed by atoms with Crippen LogP contribution in [0.15, 0.2) is 24.3 Å². The summed E-state index contributed by atoms with van der Waals surface area (Å²) in [4.78, 5) is 0. The van der Waals surface area contributed by atoms with E-state index in [1.165, 1.54) is 0 Å². The number of benzene rings is 1. The van der Waals surface area contributed by atoms with Crippen molar-refractivity contribution in [2.24, 2.45) is 0 Å². The summed E-state index contributed by atoms with van der Waals surface area (Å²) in [5.41, 5.74) is 7.03. The second-order valence-electron chi connectivity index (χ2n) is 3.54. The van der Waals surface area contributed by atoms with E-state index in [4.69, 9.17) is 26.8 Å². The topological polar surface area (TPSA) is 70.3 Å². The van der Waals surface area contributed by atoms with Crippen LogP contribution in [0.1, 0.15) is 0 Å². The molecule has 1 aromatic carbocycles. The Morgan fingerprint density at radius 2 is 1.83 bits per heavy atom. The molecular weight excluding hydrogens is 254 g/mol. The van der Waals surface area contributed by atoms with Crippen LogP contribution in [0.4, 0.5) is 5.82 Å². The summed E-state index contributed by atoms with van der Waals surface area (Å²) in [6.07, 6.45) is 0. The molecular formula is C12H12ClN3O2. The molecule has 1 heterocycles. The number of rotatable bonds is 3. The number of nitrogens with zero attached hydrogens (tertiary/aromatic N) is 2. The third-order valence-corrected chi connectivity index (χ3v) is 2.74. The fraction of sp³-hybridized carbons (Fsp3) is 0.167. The van der Waals surface area contributed by atoms with Gasteiger partial charge in [-0.1, -0.05) is 11.6 Å². The molecule has 2 rings (SSSR count). The molecule has 2 N–H and O–H groups in total. The molecule has 18 heavy (non-hydrogen) atoms. The second kappa shape index (κ2) is 5.10. The molecule has 0 fully saturated rings. The van der Waals surface area contributed by atoms with E-state index in [0.717, 1.165) is 5.56 Å². The standard InChI is InChI=1S/C12H12ClN3O2/c1-17-7-3-4-10(18-2)8(5-7)9-6-11(14)15-16-12(9)13/h3-6H,1-2H3,(H2,14,15). The molecule has 0 bridgehead atoms. The van der Waals surface area contributed by atoms with E-state index in [1.807, 2.05) is 0 Å². The highest BCUT2D eigenvalue weighted by molar-refractivity contribution is 6.32. The lowest BCUT2D eigenvalue weighted by Crippen LogP contribution is -1.97. The molecule has 94 valence electrons. The van der Waals surface area contributed by atoms with E-state index in [9.17, 15) is 0 Å². The van der Waals surface area contributed by atoms with Crippen LogP contribution in [-0.4, -0.2) is 24.4 Å². The van der Waals surface area contributed by atoms with Gasteiger partial charge < -0.3 is 15.2 Å². The van der Waals surface area contributed by atoms with Crippen molar-refractivity contribution < 1.29 is 9.47 Å². The fourth-order valence-electron chi connectivity index (χ4n) is 1.61. The van der Waals surface area contributed by atoms with Crippen molar-refractivity contribution in [3.8, 4) is 22.6 Å². The predicted molar refractivity (Wildman–Crippen MR) is 70.0 cm³/mol. The van der Waals surface area contributed by atoms with Crippen LogP contribution >= 0.6 is 11.6 Å². The highest BCUT2D eigenvalue weighted by Crippen LogP contribution is 2.36.